The number of oxazole rings is 1. The van der Waals surface area contributed by atoms with Gasteiger partial charge in [-0.3, -0.25) is 0 Å². The third-order valence-corrected chi connectivity index (χ3v) is 6.53. The van der Waals surface area contributed by atoms with Crippen LogP contribution in [0.3, 0.4) is 0 Å². The number of fused-ring (bicyclic) bond motifs is 2. The van der Waals surface area contributed by atoms with Crippen LogP contribution in [-0.4, -0.2) is 29.5 Å². The highest BCUT2D eigenvalue weighted by Gasteiger charge is 2.22. The van der Waals surface area contributed by atoms with Crippen LogP contribution in [0.4, 0.5) is 4.39 Å². The van der Waals surface area contributed by atoms with Gasteiger partial charge < -0.3 is 9.52 Å². The zero-order valence-electron chi connectivity index (χ0n) is 20.0. The molecule has 0 saturated heterocycles. The Bertz CT molecular complexity index is 1920. The van der Waals surface area contributed by atoms with Crippen LogP contribution >= 0.6 is 0 Å². The normalized spacial score (nSPS) is 11.5. The molecule has 0 aliphatic rings. The van der Waals surface area contributed by atoms with Crippen LogP contribution in [0, 0.1) is 5.82 Å². The fourth-order valence-electron chi connectivity index (χ4n) is 4.62. The van der Waals surface area contributed by atoms with Gasteiger partial charge in [0.2, 0.25) is 0 Å². The first-order valence-corrected chi connectivity index (χ1v) is 12.1. The molecule has 8 heteroatoms. The summed E-state index contributed by atoms with van der Waals surface area (Å²) in [6, 6.07) is 30.1. The number of aromatic nitrogens is 5. The van der Waals surface area contributed by atoms with E-state index in [4.69, 9.17) is 9.52 Å². The second kappa shape index (κ2) is 8.70. The van der Waals surface area contributed by atoms with Crippen molar-refractivity contribution < 1.29 is 13.9 Å². The average Bonchev–Trinajstić information content (AvgIpc) is 3.64. The summed E-state index contributed by atoms with van der Waals surface area (Å²) < 4.78 is 22.3. The number of nitrogens with zero attached hydrogens (tertiary/aromatic N) is 5. The van der Waals surface area contributed by atoms with Crippen molar-refractivity contribution in [3.05, 3.63) is 120 Å². The molecule has 0 aliphatic heterocycles. The van der Waals surface area contributed by atoms with Crippen LogP contribution in [0.2, 0.25) is 0 Å². The number of benzene rings is 4. The van der Waals surface area contributed by atoms with Gasteiger partial charge in [-0.05, 0) is 53.2 Å². The van der Waals surface area contributed by atoms with Crippen molar-refractivity contribution in [3.8, 4) is 34.2 Å². The number of rotatable bonds is 5. The Kier molecular flexibility index (Phi) is 5.04. The highest BCUT2D eigenvalue weighted by atomic mass is 19.1. The number of hydrogen-bond acceptors (Lipinski definition) is 5. The minimum absolute atomic E-state index is 0.141. The van der Waals surface area contributed by atoms with Crippen LogP contribution in [-0.2, 0) is 6.42 Å². The standard InChI is InChI=1S/C30H20FN5O2/c31-24-14-12-20(13-15-24)28-32-30-36(34-28)29(37)26(38-30)17-23-18-35(25-8-2-1-3-9-25)33-27(23)22-11-10-19-6-4-5-7-21(19)16-22/h1-16,18,37H,17H2. The molecule has 3 aromatic heterocycles. The third-order valence-electron chi connectivity index (χ3n) is 6.53. The molecule has 1 N–H and O–H groups in total. The van der Waals surface area contributed by atoms with Crippen LogP contribution in [0.15, 0.2) is 108 Å². The lowest BCUT2D eigenvalue weighted by Gasteiger charge is -2.04. The second-order valence-electron chi connectivity index (χ2n) is 9.01. The first-order valence-electron chi connectivity index (χ1n) is 12.1. The Hall–Kier alpha value is -5.24. The monoisotopic (exact) mass is 501 g/mol. The van der Waals surface area contributed by atoms with Gasteiger partial charge >= 0.3 is 5.84 Å². The van der Waals surface area contributed by atoms with E-state index in [2.05, 4.69) is 40.4 Å². The number of para-hydroxylation sites is 1. The molecule has 7 aromatic rings. The van der Waals surface area contributed by atoms with E-state index in [1.807, 2.05) is 53.3 Å². The van der Waals surface area contributed by atoms with E-state index in [-0.39, 0.29) is 24.0 Å². The van der Waals surface area contributed by atoms with E-state index in [9.17, 15) is 9.50 Å². The number of hydrogen-bond donors (Lipinski definition) is 1. The van der Waals surface area contributed by atoms with Crippen molar-refractivity contribution in [2.75, 3.05) is 0 Å². The van der Waals surface area contributed by atoms with Crippen molar-refractivity contribution in [2.24, 2.45) is 0 Å². The summed E-state index contributed by atoms with van der Waals surface area (Å²) in [5.74, 6) is 0.317. The van der Waals surface area contributed by atoms with E-state index in [0.29, 0.717) is 17.1 Å². The SMILES string of the molecule is Oc1c(Cc2cn(-c3ccccc3)nc2-c2ccc3ccccc3c2)oc2nc(-c3ccc(F)cc3)nn12. The highest BCUT2D eigenvalue weighted by Crippen LogP contribution is 2.32. The van der Waals surface area contributed by atoms with Gasteiger partial charge in [0.15, 0.2) is 11.6 Å². The number of aromatic hydroxyl groups is 1. The molecule has 0 unspecified atom stereocenters. The molecule has 7 nitrogen and oxygen atoms in total. The zero-order valence-corrected chi connectivity index (χ0v) is 20.0. The van der Waals surface area contributed by atoms with Crippen molar-refractivity contribution in [1.82, 2.24) is 24.4 Å². The van der Waals surface area contributed by atoms with Gasteiger partial charge in [0, 0.05) is 29.3 Å². The summed E-state index contributed by atoms with van der Waals surface area (Å²) in [6.45, 7) is 0. The molecule has 0 amide bonds. The van der Waals surface area contributed by atoms with Crippen LogP contribution < -0.4 is 0 Å². The van der Waals surface area contributed by atoms with Crippen molar-refractivity contribution in [2.45, 2.75) is 6.42 Å². The van der Waals surface area contributed by atoms with E-state index >= 15 is 0 Å². The molecule has 4 aromatic carbocycles. The maximum Gasteiger partial charge on any atom is 0.328 e. The van der Waals surface area contributed by atoms with Crippen molar-refractivity contribution in [1.29, 1.82) is 0 Å². The molecular formula is C30H20FN5O2. The number of halogens is 1. The molecule has 0 radical (unpaired) electrons. The molecule has 0 bridgehead atoms. The van der Waals surface area contributed by atoms with Gasteiger partial charge in [0.25, 0.3) is 5.88 Å². The molecule has 38 heavy (non-hydrogen) atoms. The van der Waals surface area contributed by atoms with Gasteiger partial charge in [-0.15, -0.1) is 9.61 Å². The topological polar surface area (TPSA) is 81.4 Å². The van der Waals surface area contributed by atoms with Gasteiger partial charge in [-0.25, -0.2) is 9.07 Å². The zero-order chi connectivity index (χ0) is 25.6. The average molecular weight is 502 g/mol. The van der Waals surface area contributed by atoms with Crippen molar-refractivity contribution >= 4 is 16.6 Å². The first-order chi connectivity index (χ1) is 18.6. The molecule has 0 atom stereocenters. The lowest BCUT2D eigenvalue weighted by atomic mass is 10.0. The summed E-state index contributed by atoms with van der Waals surface area (Å²) in [5.41, 5.74) is 4.16. The fraction of sp³-hybridized carbons (Fsp3) is 0.0333. The highest BCUT2D eigenvalue weighted by molar-refractivity contribution is 5.87. The van der Waals surface area contributed by atoms with Gasteiger partial charge in [0.05, 0.1) is 11.4 Å². The smallest absolute Gasteiger partial charge is 0.328 e. The van der Waals surface area contributed by atoms with E-state index in [1.54, 1.807) is 12.1 Å². The third kappa shape index (κ3) is 3.79. The van der Waals surface area contributed by atoms with Crippen LogP contribution in [0.1, 0.15) is 11.3 Å². The molecule has 0 fully saturated rings. The summed E-state index contributed by atoms with van der Waals surface area (Å²) >= 11 is 0. The Morgan fingerprint density at radius 2 is 1.53 bits per heavy atom. The lowest BCUT2D eigenvalue weighted by molar-refractivity contribution is 0.421. The van der Waals surface area contributed by atoms with Crippen molar-refractivity contribution in [3.63, 3.8) is 0 Å². The van der Waals surface area contributed by atoms with Crippen LogP contribution in [0.25, 0.3) is 44.9 Å². The van der Waals surface area contributed by atoms with E-state index in [1.165, 1.54) is 16.6 Å². The molecular weight excluding hydrogens is 481 g/mol. The van der Waals surface area contributed by atoms with Gasteiger partial charge in [-0.1, -0.05) is 54.6 Å². The fourth-order valence-corrected chi connectivity index (χ4v) is 4.62. The summed E-state index contributed by atoms with van der Waals surface area (Å²) in [5, 5.41) is 22.5. The Morgan fingerprint density at radius 1 is 0.789 bits per heavy atom. The minimum Gasteiger partial charge on any atom is -0.491 e. The van der Waals surface area contributed by atoms with Gasteiger partial charge in [0.1, 0.15) is 5.82 Å². The quantitative estimate of drug-likeness (QED) is 0.294. The summed E-state index contributed by atoms with van der Waals surface area (Å²) in [4.78, 5) is 4.39. The largest absolute Gasteiger partial charge is 0.491 e. The predicted molar refractivity (Wildman–Crippen MR) is 142 cm³/mol. The maximum atomic E-state index is 13.3. The molecule has 184 valence electrons. The molecule has 0 saturated carbocycles. The van der Waals surface area contributed by atoms with E-state index < -0.39 is 0 Å². The minimum atomic E-state index is -0.347. The molecule has 3 heterocycles. The Morgan fingerprint density at radius 3 is 2.32 bits per heavy atom. The van der Waals surface area contributed by atoms with Crippen LogP contribution in [0.5, 0.6) is 5.88 Å². The summed E-state index contributed by atoms with van der Waals surface area (Å²) in [6.07, 6.45) is 2.22. The summed E-state index contributed by atoms with van der Waals surface area (Å²) in [7, 11) is 0. The molecule has 0 aliphatic carbocycles. The second-order valence-corrected chi connectivity index (χ2v) is 9.01. The predicted octanol–water partition coefficient (Wildman–Crippen LogP) is 6.43. The lowest BCUT2D eigenvalue weighted by Crippen LogP contribution is -1.94. The van der Waals surface area contributed by atoms with E-state index in [0.717, 1.165) is 33.3 Å². The Labute approximate surface area is 216 Å². The van der Waals surface area contributed by atoms with Gasteiger partial charge in [-0.2, -0.15) is 10.1 Å². The molecule has 7 rings (SSSR count). The first kappa shape index (κ1) is 22.0. The molecule has 0 spiro atoms. The maximum absolute atomic E-state index is 13.3. The Balaban J connectivity index is 1.30.